The molecule has 31 heavy (non-hydrogen) atoms. The number of benzene rings is 1. The van der Waals surface area contributed by atoms with Gasteiger partial charge < -0.3 is 20.4 Å². The van der Waals surface area contributed by atoms with E-state index < -0.39 is 29.9 Å². The summed E-state index contributed by atoms with van der Waals surface area (Å²) in [7, 11) is 0. The Hall–Kier alpha value is -2.36. The number of amides is 2. The fourth-order valence-corrected chi connectivity index (χ4v) is 4.82. The number of hydrogen-bond acceptors (Lipinski definition) is 6. The van der Waals surface area contributed by atoms with Crippen LogP contribution in [0.1, 0.15) is 26.3 Å². The highest BCUT2D eigenvalue weighted by Crippen LogP contribution is 2.40. The van der Waals surface area contributed by atoms with Crippen LogP contribution in [0, 0.1) is 0 Å². The molecule has 1 aromatic carbocycles. The lowest BCUT2D eigenvalue weighted by molar-refractivity contribution is -0.150. The molecule has 2 heterocycles. The number of carboxylic acids is 1. The van der Waals surface area contributed by atoms with Gasteiger partial charge in [0.1, 0.15) is 17.1 Å². The molecule has 170 valence electrons. The van der Waals surface area contributed by atoms with Crippen molar-refractivity contribution in [2.45, 2.75) is 38.6 Å². The molecule has 2 aliphatic heterocycles. The molecule has 0 saturated carbocycles. The predicted molar refractivity (Wildman–Crippen MR) is 120 cm³/mol. The van der Waals surface area contributed by atoms with Crippen molar-refractivity contribution in [1.82, 2.24) is 15.1 Å². The van der Waals surface area contributed by atoms with E-state index in [-0.39, 0.29) is 18.0 Å². The molecule has 0 aromatic heterocycles. The van der Waals surface area contributed by atoms with Gasteiger partial charge in [0, 0.05) is 5.75 Å². The highest BCUT2D eigenvalue weighted by molar-refractivity contribution is 8.00. The molecule has 2 aliphatic rings. The Balaban J connectivity index is 0.000000423. The summed E-state index contributed by atoms with van der Waals surface area (Å²) in [5.41, 5.74) is 0.981. The maximum atomic E-state index is 12.3. The zero-order chi connectivity index (χ0) is 23.0. The minimum absolute atomic E-state index is 0.158. The molecule has 9 heteroatoms. The molecular weight excluding hydrogens is 418 g/mol. The monoisotopic (exact) mass is 449 g/mol. The van der Waals surface area contributed by atoms with Gasteiger partial charge in [0.15, 0.2) is 0 Å². The quantitative estimate of drug-likeness (QED) is 0.513. The number of fused-ring (bicyclic) bond motifs is 1. The smallest absolute Gasteiger partial charge is 0.352 e. The van der Waals surface area contributed by atoms with Crippen molar-refractivity contribution in [2.24, 2.45) is 0 Å². The Bertz CT molecular complexity index is 805. The minimum Gasteiger partial charge on any atom is -0.477 e. The molecule has 3 N–H and O–H groups in total. The summed E-state index contributed by atoms with van der Waals surface area (Å²) in [4.78, 5) is 39.3. The fourth-order valence-electron chi connectivity index (χ4n) is 3.48. The van der Waals surface area contributed by atoms with Crippen molar-refractivity contribution in [1.29, 1.82) is 0 Å². The van der Waals surface area contributed by atoms with Crippen LogP contribution in [-0.2, 0) is 20.8 Å². The first-order valence-corrected chi connectivity index (χ1v) is 11.5. The van der Waals surface area contributed by atoms with E-state index in [0.717, 1.165) is 10.5 Å². The Kier molecular flexibility index (Phi) is 9.54. The van der Waals surface area contributed by atoms with Crippen molar-refractivity contribution in [3.05, 3.63) is 47.2 Å². The molecule has 8 nitrogen and oxygen atoms in total. The topological polar surface area (TPSA) is 110 Å². The lowest BCUT2D eigenvalue weighted by Crippen LogP contribution is -2.70. The summed E-state index contributed by atoms with van der Waals surface area (Å²) in [5.74, 6) is -1.67. The van der Waals surface area contributed by atoms with Gasteiger partial charge in [0.2, 0.25) is 5.91 Å². The number of aliphatic hydroxyl groups is 1. The van der Waals surface area contributed by atoms with Gasteiger partial charge in [-0.2, -0.15) is 0 Å². The SMILES string of the molecule is CCN(CC)CC.O=C(Cc1ccccc1)N[C@@H]1C(=O)N2C(C(=O)O)=C(CO)CS[C@@H]12. The zero-order valence-corrected chi connectivity index (χ0v) is 19.0. The van der Waals surface area contributed by atoms with Gasteiger partial charge in [0.05, 0.1) is 13.0 Å². The molecule has 2 atom stereocenters. The summed E-state index contributed by atoms with van der Waals surface area (Å²) >= 11 is 1.34. The molecule has 2 amide bonds. The molecule has 0 aliphatic carbocycles. The lowest BCUT2D eigenvalue weighted by Gasteiger charge is -2.49. The van der Waals surface area contributed by atoms with Crippen molar-refractivity contribution in [3.63, 3.8) is 0 Å². The van der Waals surface area contributed by atoms with E-state index in [1.165, 1.54) is 31.4 Å². The van der Waals surface area contributed by atoms with Crippen molar-refractivity contribution in [3.8, 4) is 0 Å². The highest BCUT2D eigenvalue weighted by atomic mass is 32.2. The van der Waals surface area contributed by atoms with E-state index in [2.05, 4.69) is 31.0 Å². The zero-order valence-electron chi connectivity index (χ0n) is 18.2. The number of aliphatic carboxylic acids is 1. The van der Waals surface area contributed by atoms with Crippen LogP contribution in [0.5, 0.6) is 0 Å². The highest BCUT2D eigenvalue weighted by Gasteiger charge is 2.54. The second-order valence-corrected chi connectivity index (χ2v) is 8.26. The molecule has 3 rings (SSSR count). The molecule has 0 unspecified atom stereocenters. The van der Waals surface area contributed by atoms with Crippen LogP contribution in [0.25, 0.3) is 0 Å². The molecule has 1 aromatic rings. The van der Waals surface area contributed by atoms with Gasteiger partial charge in [-0.3, -0.25) is 14.5 Å². The Morgan fingerprint density at radius 1 is 1.16 bits per heavy atom. The summed E-state index contributed by atoms with van der Waals surface area (Å²) in [6.45, 7) is 9.72. The third-order valence-corrected chi connectivity index (χ3v) is 6.65. The van der Waals surface area contributed by atoms with Gasteiger partial charge in [-0.25, -0.2) is 4.79 Å². The standard InChI is InChI=1S/C16H16N2O5S.C6H15N/c19-7-10-8-24-15-12(14(21)18(15)13(10)16(22)23)17-11(20)6-9-4-2-1-3-5-9;1-4-7(5-2)6-3/h1-5,12,15,19H,6-8H2,(H,17,20)(H,22,23);4-6H2,1-3H3/t12-,15+;/m1./s1. The molecule has 1 fully saturated rings. The molecule has 0 bridgehead atoms. The summed E-state index contributed by atoms with van der Waals surface area (Å²) in [6.07, 6.45) is 0.158. The fraction of sp³-hybridized carbons (Fsp3) is 0.500. The molecule has 0 radical (unpaired) electrons. The number of nitrogens with one attached hydrogen (secondary N) is 1. The normalized spacial score (nSPS) is 19.9. The number of β-lactam (4-membered cyclic amide) rings is 1. The van der Waals surface area contributed by atoms with E-state index in [1.807, 2.05) is 30.3 Å². The molecular formula is C22H31N3O5S. The maximum absolute atomic E-state index is 12.3. The van der Waals surface area contributed by atoms with Gasteiger partial charge in [0.25, 0.3) is 5.91 Å². The Labute approximate surface area is 187 Å². The van der Waals surface area contributed by atoms with Crippen LogP contribution >= 0.6 is 11.8 Å². The van der Waals surface area contributed by atoms with E-state index in [0.29, 0.717) is 11.3 Å². The summed E-state index contributed by atoms with van der Waals surface area (Å²) in [6, 6.07) is 8.42. The van der Waals surface area contributed by atoms with Gasteiger partial charge in [-0.1, -0.05) is 51.1 Å². The first kappa shape index (κ1) is 24.9. The number of hydrogen-bond donors (Lipinski definition) is 3. The average molecular weight is 450 g/mol. The number of nitrogens with zero attached hydrogens (tertiary/aromatic N) is 2. The number of carboxylic acid groups (broad SMARTS) is 1. The number of carbonyl (C=O) groups is 3. The van der Waals surface area contributed by atoms with Gasteiger partial charge in [-0.15, -0.1) is 11.8 Å². The maximum Gasteiger partial charge on any atom is 0.352 e. The van der Waals surface area contributed by atoms with E-state index in [4.69, 9.17) is 0 Å². The van der Waals surface area contributed by atoms with E-state index >= 15 is 0 Å². The van der Waals surface area contributed by atoms with Crippen molar-refractivity contribution in [2.75, 3.05) is 32.0 Å². The number of aliphatic hydroxyl groups excluding tert-OH is 1. The van der Waals surface area contributed by atoms with Crippen LogP contribution in [0.2, 0.25) is 0 Å². The second kappa shape index (κ2) is 11.9. The molecule has 0 spiro atoms. The lowest BCUT2D eigenvalue weighted by atomic mass is 10.0. The van der Waals surface area contributed by atoms with Crippen LogP contribution in [-0.4, -0.2) is 81.2 Å². The largest absolute Gasteiger partial charge is 0.477 e. The van der Waals surface area contributed by atoms with Gasteiger partial charge in [-0.05, 0) is 30.8 Å². The molecule has 1 saturated heterocycles. The van der Waals surface area contributed by atoms with E-state index in [9.17, 15) is 24.6 Å². The summed E-state index contributed by atoms with van der Waals surface area (Å²) in [5, 5.41) is 20.8. The number of thioether (sulfide) groups is 1. The van der Waals surface area contributed by atoms with Crippen molar-refractivity contribution >= 4 is 29.5 Å². The number of rotatable bonds is 8. The van der Waals surface area contributed by atoms with Gasteiger partial charge >= 0.3 is 5.97 Å². The van der Waals surface area contributed by atoms with Crippen LogP contribution in [0.3, 0.4) is 0 Å². The van der Waals surface area contributed by atoms with Crippen LogP contribution in [0.4, 0.5) is 0 Å². The van der Waals surface area contributed by atoms with Crippen LogP contribution in [0.15, 0.2) is 41.6 Å². The van der Waals surface area contributed by atoms with Crippen molar-refractivity contribution < 1.29 is 24.6 Å². The number of carbonyl (C=O) groups excluding carboxylic acids is 2. The third-order valence-electron chi connectivity index (χ3n) is 5.31. The predicted octanol–water partition coefficient (Wildman–Crippen LogP) is 1.31. The Morgan fingerprint density at radius 3 is 2.26 bits per heavy atom. The summed E-state index contributed by atoms with van der Waals surface area (Å²) < 4.78 is 0. The van der Waals surface area contributed by atoms with E-state index in [1.54, 1.807) is 0 Å². The Morgan fingerprint density at radius 2 is 1.77 bits per heavy atom. The minimum atomic E-state index is -1.24. The second-order valence-electron chi connectivity index (χ2n) is 7.15. The first-order chi connectivity index (χ1) is 14.9. The average Bonchev–Trinajstić information content (AvgIpc) is 2.78. The van der Waals surface area contributed by atoms with Crippen LogP contribution < -0.4 is 5.32 Å². The first-order valence-electron chi connectivity index (χ1n) is 10.4. The third kappa shape index (κ3) is 6.09.